The predicted octanol–water partition coefficient (Wildman–Crippen LogP) is 2.67. The lowest BCUT2D eigenvalue weighted by molar-refractivity contribution is -0.000625. The number of terminal acetylenes is 1. The van der Waals surface area contributed by atoms with Gasteiger partial charge in [0, 0.05) is 13.0 Å². The van der Waals surface area contributed by atoms with Crippen molar-refractivity contribution in [3.63, 3.8) is 0 Å². The Hall–Kier alpha value is -0.480. The lowest BCUT2D eigenvalue weighted by Crippen LogP contribution is -2.12. The van der Waals surface area contributed by atoms with E-state index < -0.39 is 7.68 Å². The van der Waals surface area contributed by atoms with Crippen LogP contribution in [0.2, 0.25) is 0 Å². The highest BCUT2D eigenvalue weighted by Gasteiger charge is 2.20. The summed E-state index contributed by atoms with van der Waals surface area (Å²) in [5.74, 6) is 2.55. The van der Waals surface area contributed by atoms with Gasteiger partial charge in [0.15, 0.2) is 0 Å². The third-order valence-corrected chi connectivity index (χ3v) is 3.91. The van der Waals surface area contributed by atoms with Crippen molar-refractivity contribution in [3.05, 3.63) is 0 Å². The Balaban J connectivity index is 3.14. The van der Waals surface area contributed by atoms with E-state index in [1.165, 1.54) is 0 Å². The fourth-order valence-electron chi connectivity index (χ4n) is 1.47. The van der Waals surface area contributed by atoms with Gasteiger partial charge in [0.05, 0.1) is 59.0 Å². The van der Waals surface area contributed by atoms with Gasteiger partial charge >= 0.3 is 7.68 Å². The van der Waals surface area contributed by atoms with Crippen molar-refractivity contribution in [1.29, 1.82) is 0 Å². The van der Waals surface area contributed by atoms with Crippen LogP contribution in [0.4, 0.5) is 4.20 Å². The molecule has 0 aromatic heterocycles. The largest absolute Gasteiger partial charge is 0.379 e. The van der Waals surface area contributed by atoms with Gasteiger partial charge in [0.2, 0.25) is 0 Å². The van der Waals surface area contributed by atoms with Crippen LogP contribution in [0, 0.1) is 12.3 Å². The molecule has 0 heterocycles. The second-order valence-electron chi connectivity index (χ2n) is 4.49. The van der Waals surface area contributed by atoms with Crippen LogP contribution in [-0.2, 0) is 28.0 Å². The molecule has 0 spiro atoms. The van der Waals surface area contributed by atoms with Crippen LogP contribution in [0.1, 0.15) is 19.8 Å². The molecule has 0 aliphatic heterocycles. The number of unbranched alkanes of at least 4 members (excludes halogenated alkanes) is 1. The summed E-state index contributed by atoms with van der Waals surface area (Å²) in [6.45, 7) is 5.03. The third-order valence-electron chi connectivity index (χ3n) is 2.55. The Morgan fingerprint density at radius 1 is 0.913 bits per heavy atom. The first-order chi connectivity index (χ1) is 11.1. The van der Waals surface area contributed by atoms with Gasteiger partial charge in [0.25, 0.3) is 0 Å². The quantitative estimate of drug-likeness (QED) is 0.227. The number of rotatable bonds is 17. The molecule has 0 rings (SSSR count). The van der Waals surface area contributed by atoms with E-state index in [9.17, 15) is 8.76 Å². The molecule has 0 saturated heterocycles. The molecule has 0 saturated carbocycles. The molecule has 1 unspecified atom stereocenters. The van der Waals surface area contributed by atoms with E-state index in [0.717, 1.165) is 12.8 Å². The maximum atomic E-state index is 13.1. The number of hydrogen-bond donors (Lipinski definition) is 0. The van der Waals surface area contributed by atoms with E-state index in [1.807, 2.05) is 0 Å². The van der Waals surface area contributed by atoms with Gasteiger partial charge in [-0.3, -0.25) is 4.57 Å². The standard InChI is InChI=1S/C15H28FO6P/c1-3-5-6-7-18-8-9-19-10-11-20-12-13-21-14-15-23(16,17)22-4-2/h1H,4-15H2,2H3. The van der Waals surface area contributed by atoms with Crippen molar-refractivity contribution in [3.8, 4) is 12.3 Å². The van der Waals surface area contributed by atoms with Crippen LogP contribution in [0.5, 0.6) is 0 Å². The van der Waals surface area contributed by atoms with Gasteiger partial charge in [-0.25, -0.2) is 0 Å². The van der Waals surface area contributed by atoms with Gasteiger partial charge in [-0.1, -0.05) is 0 Å². The Kier molecular flexibility index (Phi) is 16.0. The average molecular weight is 354 g/mol. The summed E-state index contributed by atoms with van der Waals surface area (Å²) < 4.78 is 49.7. The molecule has 0 bridgehead atoms. The molecule has 0 aromatic rings. The van der Waals surface area contributed by atoms with Crippen LogP contribution in [0.25, 0.3) is 0 Å². The Morgan fingerprint density at radius 3 is 1.87 bits per heavy atom. The maximum Gasteiger partial charge on any atom is 0.369 e. The molecule has 0 N–H and O–H groups in total. The molecular formula is C15H28FO6P. The van der Waals surface area contributed by atoms with Crippen molar-refractivity contribution >= 4 is 7.68 Å². The van der Waals surface area contributed by atoms with Crippen LogP contribution in [-0.4, -0.2) is 65.6 Å². The van der Waals surface area contributed by atoms with Crippen molar-refractivity contribution in [2.75, 3.05) is 65.6 Å². The molecule has 0 amide bonds. The molecule has 6 nitrogen and oxygen atoms in total. The molecule has 136 valence electrons. The van der Waals surface area contributed by atoms with E-state index in [2.05, 4.69) is 10.4 Å². The first-order valence-corrected chi connectivity index (χ1v) is 9.50. The lowest BCUT2D eigenvalue weighted by Gasteiger charge is -2.09. The second kappa shape index (κ2) is 16.4. The predicted molar refractivity (Wildman–Crippen MR) is 86.6 cm³/mol. The molecule has 0 radical (unpaired) electrons. The zero-order chi connectivity index (χ0) is 17.2. The highest BCUT2D eigenvalue weighted by atomic mass is 31.2. The van der Waals surface area contributed by atoms with E-state index in [-0.39, 0.29) is 19.4 Å². The fraction of sp³-hybridized carbons (Fsp3) is 0.867. The van der Waals surface area contributed by atoms with Crippen molar-refractivity contribution < 1.29 is 32.2 Å². The summed E-state index contributed by atoms with van der Waals surface area (Å²) >= 11 is 0. The zero-order valence-electron chi connectivity index (χ0n) is 13.8. The van der Waals surface area contributed by atoms with Crippen molar-refractivity contribution in [2.24, 2.45) is 0 Å². The van der Waals surface area contributed by atoms with Crippen LogP contribution < -0.4 is 0 Å². The highest BCUT2D eigenvalue weighted by Crippen LogP contribution is 2.47. The Bertz CT molecular complexity index is 347. The Morgan fingerprint density at radius 2 is 1.39 bits per heavy atom. The van der Waals surface area contributed by atoms with E-state index in [4.69, 9.17) is 25.4 Å². The summed E-state index contributed by atoms with van der Waals surface area (Å²) in [4.78, 5) is 0. The van der Waals surface area contributed by atoms with Crippen molar-refractivity contribution in [1.82, 2.24) is 0 Å². The molecule has 0 aromatic carbocycles. The van der Waals surface area contributed by atoms with Gasteiger partial charge < -0.3 is 23.5 Å². The maximum absolute atomic E-state index is 13.1. The molecule has 0 fully saturated rings. The first-order valence-electron chi connectivity index (χ1n) is 7.80. The first kappa shape index (κ1) is 22.5. The van der Waals surface area contributed by atoms with Crippen LogP contribution in [0.15, 0.2) is 0 Å². The van der Waals surface area contributed by atoms with Crippen LogP contribution in [0.3, 0.4) is 0 Å². The minimum Gasteiger partial charge on any atom is -0.379 e. The Labute approximate surface area is 138 Å². The summed E-state index contributed by atoms with van der Waals surface area (Å²) in [7, 11) is -3.99. The average Bonchev–Trinajstić information content (AvgIpc) is 2.51. The van der Waals surface area contributed by atoms with Gasteiger partial charge in [-0.2, -0.15) is 4.20 Å². The summed E-state index contributed by atoms with van der Waals surface area (Å²) in [6, 6.07) is 0. The zero-order valence-corrected chi connectivity index (χ0v) is 14.7. The topological polar surface area (TPSA) is 63.2 Å². The summed E-state index contributed by atoms with van der Waals surface area (Å²) in [5, 5.41) is 0. The van der Waals surface area contributed by atoms with E-state index in [0.29, 0.717) is 46.2 Å². The third kappa shape index (κ3) is 17.7. The summed E-state index contributed by atoms with van der Waals surface area (Å²) in [6.07, 6.45) is 6.48. The minimum atomic E-state index is -3.99. The number of ether oxygens (including phenoxy) is 4. The number of halogens is 1. The van der Waals surface area contributed by atoms with E-state index in [1.54, 1.807) is 6.92 Å². The van der Waals surface area contributed by atoms with Gasteiger partial charge in [0.1, 0.15) is 0 Å². The molecule has 1 atom stereocenters. The van der Waals surface area contributed by atoms with E-state index >= 15 is 0 Å². The van der Waals surface area contributed by atoms with Gasteiger partial charge in [-0.05, 0) is 13.3 Å². The molecular weight excluding hydrogens is 326 g/mol. The molecule has 8 heteroatoms. The van der Waals surface area contributed by atoms with Crippen molar-refractivity contribution in [2.45, 2.75) is 19.8 Å². The second-order valence-corrected chi connectivity index (χ2v) is 6.37. The SMILES string of the molecule is C#CCCCOCCOCCOCCOCCP(=O)(F)OCC. The lowest BCUT2D eigenvalue weighted by atomic mass is 10.3. The minimum absolute atomic E-state index is 0.0463. The molecule has 0 aliphatic rings. The molecule has 0 aliphatic carbocycles. The number of hydrogen-bond acceptors (Lipinski definition) is 6. The highest BCUT2D eigenvalue weighted by molar-refractivity contribution is 7.53. The summed E-state index contributed by atoms with van der Waals surface area (Å²) in [5.41, 5.74) is 0. The van der Waals surface area contributed by atoms with Crippen LogP contribution >= 0.6 is 7.68 Å². The normalized spacial score (nSPS) is 13.6. The van der Waals surface area contributed by atoms with Gasteiger partial charge in [-0.15, -0.1) is 12.3 Å². The monoisotopic (exact) mass is 354 g/mol. The smallest absolute Gasteiger partial charge is 0.369 e. The molecule has 23 heavy (non-hydrogen) atoms. The fourth-order valence-corrected chi connectivity index (χ4v) is 2.33.